The van der Waals surface area contributed by atoms with E-state index in [0.29, 0.717) is 18.6 Å². The fourth-order valence-corrected chi connectivity index (χ4v) is 2.69. The van der Waals surface area contributed by atoms with Gasteiger partial charge in [-0.1, -0.05) is 13.8 Å². The molecular formula is C13H27N3O. The Bertz CT molecular complexity index is 225. The van der Waals surface area contributed by atoms with Crippen LogP contribution in [-0.4, -0.2) is 42.5 Å². The first-order valence-corrected chi connectivity index (χ1v) is 6.93. The fraction of sp³-hybridized carbons (Fsp3) is 0.923. The third kappa shape index (κ3) is 5.04. The molecule has 3 N–H and O–H groups in total. The highest BCUT2D eigenvalue weighted by atomic mass is 16.1. The van der Waals surface area contributed by atoms with E-state index in [1.54, 1.807) is 0 Å². The number of nitrogens with one attached hydrogen (secondary N) is 1. The zero-order valence-corrected chi connectivity index (χ0v) is 11.2. The fourth-order valence-electron chi connectivity index (χ4n) is 2.69. The van der Waals surface area contributed by atoms with Crippen LogP contribution in [-0.2, 0) is 4.79 Å². The first-order chi connectivity index (χ1) is 8.17. The minimum absolute atomic E-state index is 0.210. The van der Waals surface area contributed by atoms with Crippen molar-refractivity contribution in [2.75, 3.05) is 19.6 Å². The Labute approximate surface area is 105 Å². The van der Waals surface area contributed by atoms with Crippen molar-refractivity contribution < 1.29 is 4.79 Å². The summed E-state index contributed by atoms with van der Waals surface area (Å²) in [6.45, 7) is 6.75. The van der Waals surface area contributed by atoms with E-state index >= 15 is 0 Å². The second-order valence-corrected chi connectivity index (χ2v) is 4.99. The molecule has 1 saturated carbocycles. The van der Waals surface area contributed by atoms with Gasteiger partial charge in [0.2, 0.25) is 5.91 Å². The first kappa shape index (κ1) is 14.5. The van der Waals surface area contributed by atoms with Crippen molar-refractivity contribution in [3.63, 3.8) is 0 Å². The van der Waals surface area contributed by atoms with E-state index in [1.807, 2.05) is 0 Å². The second kappa shape index (κ2) is 7.67. The predicted octanol–water partition coefficient (Wildman–Crippen LogP) is 1.10. The van der Waals surface area contributed by atoms with Gasteiger partial charge in [-0.15, -0.1) is 0 Å². The lowest BCUT2D eigenvalue weighted by molar-refractivity contribution is -0.119. The number of hydrogen-bond acceptors (Lipinski definition) is 3. The molecule has 0 aromatic rings. The van der Waals surface area contributed by atoms with E-state index < -0.39 is 0 Å². The van der Waals surface area contributed by atoms with Crippen molar-refractivity contribution in [1.82, 2.24) is 10.2 Å². The Hall–Kier alpha value is -0.610. The van der Waals surface area contributed by atoms with E-state index in [4.69, 9.17) is 5.73 Å². The topological polar surface area (TPSA) is 58.4 Å². The summed E-state index contributed by atoms with van der Waals surface area (Å²) < 4.78 is 0. The largest absolute Gasteiger partial charge is 0.369 e. The van der Waals surface area contributed by atoms with Crippen molar-refractivity contribution in [3.8, 4) is 0 Å². The van der Waals surface area contributed by atoms with Crippen LogP contribution in [0.3, 0.4) is 0 Å². The minimum atomic E-state index is -0.210. The van der Waals surface area contributed by atoms with Gasteiger partial charge in [0.25, 0.3) is 0 Å². The summed E-state index contributed by atoms with van der Waals surface area (Å²) in [7, 11) is 0. The van der Waals surface area contributed by atoms with Crippen molar-refractivity contribution in [2.45, 2.75) is 58.0 Å². The summed E-state index contributed by atoms with van der Waals surface area (Å²) in [6.07, 6.45) is 6.01. The molecule has 0 unspecified atom stereocenters. The lowest BCUT2D eigenvalue weighted by Gasteiger charge is -2.36. The Kier molecular flexibility index (Phi) is 6.52. The maximum absolute atomic E-state index is 11.0. The molecule has 1 amide bonds. The van der Waals surface area contributed by atoms with Gasteiger partial charge >= 0.3 is 0 Å². The number of amides is 1. The van der Waals surface area contributed by atoms with E-state index in [2.05, 4.69) is 24.1 Å². The zero-order valence-electron chi connectivity index (χ0n) is 11.2. The lowest BCUT2D eigenvalue weighted by Crippen LogP contribution is -2.45. The quantitative estimate of drug-likeness (QED) is 0.702. The molecule has 1 aliphatic carbocycles. The highest BCUT2D eigenvalue weighted by Crippen LogP contribution is 2.22. The summed E-state index contributed by atoms with van der Waals surface area (Å²) in [4.78, 5) is 13.2. The average Bonchev–Trinajstić information content (AvgIpc) is 2.34. The molecule has 1 fully saturated rings. The van der Waals surface area contributed by atoms with Gasteiger partial charge in [0.05, 0.1) is 6.54 Å². The summed E-state index contributed by atoms with van der Waals surface area (Å²) in [6, 6.07) is 1.23. The van der Waals surface area contributed by atoms with Crippen LogP contribution in [0.25, 0.3) is 0 Å². The SMILES string of the molecule is CCCNC1CCC(N(CC)CC(N)=O)CC1. The number of carbonyl (C=O) groups excluding carboxylic acids is 1. The highest BCUT2D eigenvalue weighted by Gasteiger charge is 2.25. The van der Waals surface area contributed by atoms with Gasteiger partial charge in [0.15, 0.2) is 0 Å². The third-order valence-corrected chi connectivity index (χ3v) is 3.66. The van der Waals surface area contributed by atoms with Gasteiger partial charge in [0, 0.05) is 12.1 Å². The molecule has 100 valence electrons. The Morgan fingerprint density at radius 3 is 2.41 bits per heavy atom. The Morgan fingerprint density at radius 2 is 1.94 bits per heavy atom. The maximum atomic E-state index is 11.0. The van der Waals surface area contributed by atoms with E-state index in [0.717, 1.165) is 13.1 Å². The lowest BCUT2D eigenvalue weighted by atomic mass is 9.90. The summed E-state index contributed by atoms with van der Waals surface area (Å²) >= 11 is 0. The molecule has 0 bridgehead atoms. The molecule has 1 aliphatic rings. The molecule has 0 saturated heterocycles. The van der Waals surface area contributed by atoms with Crippen LogP contribution >= 0.6 is 0 Å². The van der Waals surface area contributed by atoms with E-state index in [-0.39, 0.29) is 5.91 Å². The van der Waals surface area contributed by atoms with E-state index in [9.17, 15) is 4.79 Å². The molecule has 0 atom stereocenters. The monoisotopic (exact) mass is 241 g/mol. The average molecular weight is 241 g/mol. The molecule has 4 heteroatoms. The number of nitrogens with two attached hydrogens (primary N) is 1. The van der Waals surface area contributed by atoms with Crippen LogP contribution < -0.4 is 11.1 Å². The van der Waals surface area contributed by atoms with Gasteiger partial charge in [-0.2, -0.15) is 0 Å². The van der Waals surface area contributed by atoms with Gasteiger partial charge in [-0.05, 0) is 45.2 Å². The van der Waals surface area contributed by atoms with Crippen molar-refractivity contribution in [2.24, 2.45) is 5.73 Å². The summed E-state index contributed by atoms with van der Waals surface area (Å²) in [5, 5.41) is 3.58. The maximum Gasteiger partial charge on any atom is 0.231 e. The molecule has 0 aromatic carbocycles. The van der Waals surface area contributed by atoms with Crippen LogP contribution in [0.5, 0.6) is 0 Å². The molecule has 0 heterocycles. The van der Waals surface area contributed by atoms with Crippen molar-refractivity contribution >= 4 is 5.91 Å². The normalized spacial score (nSPS) is 25.1. The number of carbonyl (C=O) groups is 1. The molecule has 0 aromatic heterocycles. The van der Waals surface area contributed by atoms with Crippen LogP contribution in [0.15, 0.2) is 0 Å². The number of nitrogens with zero attached hydrogens (tertiary/aromatic N) is 1. The predicted molar refractivity (Wildman–Crippen MR) is 70.8 cm³/mol. The summed E-state index contributed by atoms with van der Waals surface area (Å²) in [5.41, 5.74) is 5.28. The van der Waals surface area contributed by atoms with Crippen molar-refractivity contribution in [1.29, 1.82) is 0 Å². The van der Waals surface area contributed by atoms with Crippen LogP contribution in [0, 0.1) is 0 Å². The number of hydrogen-bond donors (Lipinski definition) is 2. The third-order valence-electron chi connectivity index (χ3n) is 3.66. The van der Waals surface area contributed by atoms with Gasteiger partial charge in [-0.25, -0.2) is 0 Å². The van der Waals surface area contributed by atoms with Crippen molar-refractivity contribution in [3.05, 3.63) is 0 Å². The molecule has 17 heavy (non-hydrogen) atoms. The van der Waals surface area contributed by atoms with Crippen LogP contribution in [0.4, 0.5) is 0 Å². The van der Waals surface area contributed by atoms with Gasteiger partial charge < -0.3 is 11.1 Å². The number of rotatable bonds is 7. The van der Waals surface area contributed by atoms with E-state index in [1.165, 1.54) is 32.1 Å². The Morgan fingerprint density at radius 1 is 1.29 bits per heavy atom. The molecular weight excluding hydrogens is 214 g/mol. The van der Waals surface area contributed by atoms with Crippen LogP contribution in [0.1, 0.15) is 46.0 Å². The first-order valence-electron chi connectivity index (χ1n) is 6.93. The highest BCUT2D eigenvalue weighted by molar-refractivity contribution is 5.75. The zero-order chi connectivity index (χ0) is 12.7. The molecule has 4 nitrogen and oxygen atoms in total. The molecule has 0 aliphatic heterocycles. The van der Waals surface area contributed by atoms with Gasteiger partial charge in [-0.3, -0.25) is 9.69 Å². The standard InChI is InChI=1S/C13H27N3O/c1-3-9-15-11-5-7-12(8-6-11)16(4-2)10-13(14)17/h11-12,15H,3-10H2,1-2H3,(H2,14,17). The molecule has 1 rings (SSSR count). The molecule has 0 radical (unpaired) electrons. The smallest absolute Gasteiger partial charge is 0.231 e. The molecule has 0 spiro atoms. The second-order valence-electron chi connectivity index (χ2n) is 4.99. The number of likely N-dealkylation sites (N-methyl/N-ethyl adjacent to an activating group) is 1. The summed E-state index contributed by atoms with van der Waals surface area (Å²) in [5.74, 6) is -0.210. The Balaban J connectivity index is 2.31. The van der Waals surface area contributed by atoms with Gasteiger partial charge in [0.1, 0.15) is 0 Å². The van der Waals surface area contributed by atoms with Crippen LogP contribution in [0.2, 0.25) is 0 Å². The number of primary amides is 1. The minimum Gasteiger partial charge on any atom is -0.369 e.